The summed E-state index contributed by atoms with van der Waals surface area (Å²) in [6, 6.07) is 15.0. The third-order valence-corrected chi connectivity index (χ3v) is 6.67. The predicted molar refractivity (Wildman–Crippen MR) is 125 cm³/mol. The highest BCUT2D eigenvalue weighted by Crippen LogP contribution is 2.26. The van der Waals surface area contributed by atoms with E-state index >= 15 is 0 Å². The van der Waals surface area contributed by atoms with Gasteiger partial charge in [-0.1, -0.05) is 6.92 Å². The van der Waals surface area contributed by atoms with E-state index in [-0.39, 0.29) is 5.56 Å². The van der Waals surface area contributed by atoms with Crippen LogP contribution < -0.4 is 15.8 Å². The van der Waals surface area contributed by atoms with Crippen molar-refractivity contribution in [3.8, 4) is 0 Å². The minimum Gasteiger partial charge on any atom is -0.381 e. The second-order valence-electron chi connectivity index (χ2n) is 8.51. The molecule has 2 aliphatic rings. The number of H-pyrrole nitrogens is 1. The maximum atomic E-state index is 12.6. The number of fused-ring (bicyclic) bond motifs is 2. The van der Waals surface area contributed by atoms with Crippen molar-refractivity contribution in [1.82, 2.24) is 9.88 Å². The van der Waals surface area contributed by atoms with E-state index in [0.717, 1.165) is 67.7 Å². The third-order valence-electron chi connectivity index (χ3n) is 6.67. The minimum atomic E-state index is -0.00152. The number of nitrogens with zero attached hydrogens (tertiary/aromatic N) is 2. The maximum absolute atomic E-state index is 12.6. The van der Waals surface area contributed by atoms with Gasteiger partial charge in [-0.05, 0) is 84.8 Å². The van der Waals surface area contributed by atoms with Crippen LogP contribution in [0, 0.1) is 0 Å². The SMILES string of the molecule is CCN1CCN(c2ccc(NCc3cc4cc5c(cc4[nH]c3=O)CCC5)cc2)CC1. The lowest BCUT2D eigenvalue weighted by molar-refractivity contribution is 0.271. The molecule has 1 aliphatic heterocycles. The number of likely N-dealkylation sites (N-methyl/N-ethyl adjacent to an activating group) is 1. The summed E-state index contributed by atoms with van der Waals surface area (Å²) in [5.41, 5.74) is 6.87. The average Bonchev–Trinajstić information content (AvgIpc) is 3.24. The summed E-state index contributed by atoms with van der Waals surface area (Å²) in [7, 11) is 0. The Morgan fingerprint density at radius 2 is 1.70 bits per heavy atom. The Morgan fingerprint density at radius 1 is 0.967 bits per heavy atom. The zero-order chi connectivity index (χ0) is 20.5. The lowest BCUT2D eigenvalue weighted by Gasteiger charge is -2.35. The standard InChI is InChI=1S/C25H30N4O/c1-2-28-10-12-29(13-11-28)23-8-6-22(7-9-23)26-17-21-15-20-14-18-4-3-5-19(18)16-24(20)27-25(21)30/h6-9,14-16,26H,2-5,10-13,17H2,1H3,(H,27,30). The highest BCUT2D eigenvalue weighted by Gasteiger charge is 2.16. The molecule has 0 atom stereocenters. The van der Waals surface area contributed by atoms with Crippen LogP contribution in [0.25, 0.3) is 10.9 Å². The van der Waals surface area contributed by atoms with E-state index in [1.807, 2.05) is 6.07 Å². The molecule has 1 saturated heterocycles. The van der Waals surface area contributed by atoms with Crippen LogP contribution in [-0.4, -0.2) is 42.6 Å². The van der Waals surface area contributed by atoms with Crippen molar-refractivity contribution in [3.05, 3.63) is 69.5 Å². The number of aromatic nitrogens is 1. The van der Waals surface area contributed by atoms with Gasteiger partial charge in [0.05, 0.1) is 0 Å². The van der Waals surface area contributed by atoms with Gasteiger partial charge in [0.25, 0.3) is 5.56 Å². The summed E-state index contributed by atoms with van der Waals surface area (Å²) in [6.45, 7) is 8.30. The summed E-state index contributed by atoms with van der Waals surface area (Å²) >= 11 is 0. The van der Waals surface area contributed by atoms with Crippen LogP contribution in [0.15, 0.2) is 47.3 Å². The predicted octanol–water partition coefficient (Wildman–Crippen LogP) is 3.77. The first-order valence-electron chi connectivity index (χ1n) is 11.2. The molecule has 5 rings (SSSR count). The van der Waals surface area contributed by atoms with Crippen molar-refractivity contribution in [3.63, 3.8) is 0 Å². The molecule has 30 heavy (non-hydrogen) atoms. The molecule has 0 unspecified atom stereocenters. The van der Waals surface area contributed by atoms with Gasteiger partial charge in [-0.25, -0.2) is 0 Å². The summed E-state index contributed by atoms with van der Waals surface area (Å²) in [5.74, 6) is 0. The van der Waals surface area contributed by atoms with Crippen LogP contribution in [0.3, 0.4) is 0 Å². The number of rotatable bonds is 5. The average molecular weight is 403 g/mol. The van der Waals surface area contributed by atoms with E-state index in [9.17, 15) is 4.79 Å². The van der Waals surface area contributed by atoms with Gasteiger partial charge in [0.15, 0.2) is 0 Å². The number of aryl methyl sites for hydroxylation is 2. The van der Waals surface area contributed by atoms with Crippen LogP contribution in [0.2, 0.25) is 0 Å². The topological polar surface area (TPSA) is 51.4 Å². The van der Waals surface area contributed by atoms with E-state index in [1.165, 1.54) is 23.2 Å². The van der Waals surface area contributed by atoms with Crippen molar-refractivity contribution < 1.29 is 0 Å². The Hall–Kier alpha value is -2.79. The van der Waals surface area contributed by atoms with E-state index in [4.69, 9.17) is 0 Å². The van der Waals surface area contributed by atoms with E-state index in [2.05, 4.69) is 63.4 Å². The molecule has 3 aromatic rings. The number of anilines is 2. The fourth-order valence-corrected chi connectivity index (χ4v) is 4.77. The van der Waals surface area contributed by atoms with E-state index in [0.29, 0.717) is 6.54 Å². The van der Waals surface area contributed by atoms with Crippen molar-refractivity contribution in [1.29, 1.82) is 0 Å². The zero-order valence-corrected chi connectivity index (χ0v) is 17.7. The monoisotopic (exact) mass is 402 g/mol. The number of hydrogen-bond acceptors (Lipinski definition) is 4. The molecule has 156 valence electrons. The lowest BCUT2D eigenvalue weighted by atomic mass is 10.0. The van der Waals surface area contributed by atoms with Crippen LogP contribution >= 0.6 is 0 Å². The van der Waals surface area contributed by atoms with Gasteiger partial charge in [-0.15, -0.1) is 0 Å². The first-order chi connectivity index (χ1) is 14.7. The van der Waals surface area contributed by atoms with Gasteiger partial charge in [0.1, 0.15) is 0 Å². The third kappa shape index (κ3) is 3.82. The van der Waals surface area contributed by atoms with E-state index in [1.54, 1.807) is 0 Å². The summed E-state index contributed by atoms with van der Waals surface area (Å²) in [6.07, 6.45) is 3.49. The summed E-state index contributed by atoms with van der Waals surface area (Å²) in [4.78, 5) is 20.6. The molecule has 2 heterocycles. The number of aromatic amines is 1. The Balaban J connectivity index is 1.27. The molecule has 0 amide bonds. The first-order valence-corrected chi connectivity index (χ1v) is 11.2. The summed E-state index contributed by atoms with van der Waals surface area (Å²) in [5, 5.41) is 4.55. The summed E-state index contributed by atoms with van der Waals surface area (Å²) < 4.78 is 0. The Bertz CT molecular complexity index is 1090. The van der Waals surface area contributed by atoms with Crippen LogP contribution in [-0.2, 0) is 19.4 Å². The molecule has 0 spiro atoms. The molecule has 5 nitrogen and oxygen atoms in total. The largest absolute Gasteiger partial charge is 0.381 e. The number of nitrogens with one attached hydrogen (secondary N) is 2. The first kappa shape index (κ1) is 19.2. The molecule has 2 aromatic carbocycles. The smallest absolute Gasteiger partial charge is 0.253 e. The van der Waals surface area contributed by atoms with Crippen molar-refractivity contribution in [2.45, 2.75) is 32.7 Å². The quantitative estimate of drug-likeness (QED) is 0.682. The van der Waals surface area contributed by atoms with Crippen molar-refractivity contribution in [2.75, 3.05) is 42.9 Å². The minimum absolute atomic E-state index is 0.00152. The van der Waals surface area contributed by atoms with Gasteiger partial charge in [-0.2, -0.15) is 0 Å². The number of piperazine rings is 1. The van der Waals surface area contributed by atoms with Crippen molar-refractivity contribution >= 4 is 22.3 Å². The molecule has 1 aromatic heterocycles. The second kappa shape index (κ2) is 8.15. The van der Waals surface area contributed by atoms with Gasteiger partial charge in [0.2, 0.25) is 0 Å². The van der Waals surface area contributed by atoms with E-state index < -0.39 is 0 Å². The fraction of sp³-hybridized carbons (Fsp3) is 0.400. The molecular formula is C25H30N4O. The fourth-order valence-electron chi connectivity index (χ4n) is 4.77. The van der Waals surface area contributed by atoms with Crippen molar-refractivity contribution in [2.24, 2.45) is 0 Å². The van der Waals surface area contributed by atoms with Gasteiger partial charge < -0.3 is 20.1 Å². The number of pyridine rings is 1. The zero-order valence-electron chi connectivity index (χ0n) is 17.7. The molecular weight excluding hydrogens is 372 g/mol. The second-order valence-corrected chi connectivity index (χ2v) is 8.51. The molecule has 0 saturated carbocycles. The van der Waals surface area contributed by atoms with Crippen LogP contribution in [0.4, 0.5) is 11.4 Å². The normalized spacial score (nSPS) is 16.8. The van der Waals surface area contributed by atoms with Gasteiger partial charge in [-0.3, -0.25) is 4.79 Å². The Morgan fingerprint density at radius 3 is 2.43 bits per heavy atom. The highest BCUT2D eigenvalue weighted by molar-refractivity contribution is 5.81. The Labute approximate surface area is 177 Å². The molecule has 0 radical (unpaired) electrons. The molecule has 5 heteroatoms. The van der Waals surface area contributed by atoms with Gasteiger partial charge in [0, 0.05) is 55.2 Å². The molecule has 1 fully saturated rings. The van der Waals surface area contributed by atoms with Gasteiger partial charge >= 0.3 is 0 Å². The number of benzene rings is 2. The number of hydrogen-bond donors (Lipinski definition) is 2. The molecule has 2 N–H and O–H groups in total. The maximum Gasteiger partial charge on any atom is 0.253 e. The lowest BCUT2D eigenvalue weighted by Crippen LogP contribution is -2.46. The highest BCUT2D eigenvalue weighted by atomic mass is 16.1. The molecule has 1 aliphatic carbocycles. The molecule has 0 bridgehead atoms. The Kier molecular flexibility index (Phi) is 5.21. The van der Waals surface area contributed by atoms with Crippen LogP contribution in [0.5, 0.6) is 0 Å². The van der Waals surface area contributed by atoms with Crippen LogP contribution in [0.1, 0.15) is 30.0 Å².